The van der Waals surface area contributed by atoms with Crippen LogP contribution in [0, 0.1) is 13.8 Å². The Morgan fingerprint density at radius 3 is 2.63 bits per heavy atom. The second-order valence-electron chi connectivity index (χ2n) is 9.28. The molecule has 1 aliphatic heterocycles. The highest BCUT2D eigenvalue weighted by molar-refractivity contribution is 5.98. The van der Waals surface area contributed by atoms with E-state index in [4.69, 9.17) is 9.47 Å². The summed E-state index contributed by atoms with van der Waals surface area (Å²) < 4.78 is 13.1. The van der Waals surface area contributed by atoms with E-state index in [1.54, 1.807) is 0 Å². The number of fused-ring (bicyclic) bond motifs is 1. The number of carbonyl (C=O) groups is 1. The van der Waals surface area contributed by atoms with Crippen molar-refractivity contribution >= 4 is 16.8 Å². The van der Waals surface area contributed by atoms with E-state index in [1.807, 2.05) is 67.1 Å². The monoisotopic (exact) mass is 470 g/mol. The van der Waals surface area contributed by atoms with E-state index in [1.165, 1.54) is 11.1 Å². The third-order valence-electron chi connectivity index (χ3n) is 6.59. The lowest BCUT2D eigenvalue weighted by atomic mass is 10.0. The first-order valence-electron chi connectivity index (χ1n) is 11.9. The molecule has 1 aliphatic rings. The molecule has 5 rings (SSSR count). The molecule has 6 nitrogen and oxygen atoms in total. The van der Waals surface area contributed by atoms with Crippen LogP contribution in [0.4, 0.5) is 0 Å². The molecule has 0 aliphatic carbocycles. The molecule has 0 radical (unpaired) electrons. The molecule has 2 N–H and O–H groups in total. The summed E-state index contributed by atoms with van der Waals surface area (Å²) in [6, 6.07) is 21.9. The van der Waals surface area contributed by atoms with Crippen LogP contribution in [-0.4, -0.2) is 28.0 Å². The number of nitrogens with one attached hydrogen (secondary N) is 1. The van der Waals surface area contributed by atoms with Crippen molar-refractivity contribution in [1.29, 1.82) is 0 Å². The number of epoxide rings is 1. The predicted octanol–water partition coefficient (Wildman–Crippen LogP) is 5.17. The van der Waals surface area contributed by atoms with Crippen molar-refractivity contribution in [1.82, 2.24) is 9.88 Å². The van der Waals surface area contributed by atoms with Crippen molar-refractivity contribution in [3.05, 3.63) is 94.7 Å². The van der Waals surface area contributed by atoms with Crippen molar-refractivity contribution in [2.45, 2.75) is 45.6 Å². The van der Waals surface area contributed by atoms with Gasteiger partial charge in [-0.2, -0.15) is 0 Å². The molecule has 1 saturated heterocycles. The molecular formula is C29H30N2O4. The maximum atomic E-state index is 12.9. The summed E-state index contributed by atoms with van der Waals surface area (Å²) in [6.07, 6.45) is 1.05. The lowest BCUT2D eigenvalue weighted by Gasteiger charge is -2.11. The lowest BCUT2D eigenvalue weighted by Crippen LogP contribution is -2.24. The number of aryl methyl sites for hydroxylation is 4. The van der Waals surface area contributed by atoms with Gasteiger partial charge >= 0.3 is 0 Å². The number of benzene rings is 3. The molecule has 4 aromatic rings. The van der Waals surface area contributed by atoms with E-state index in [9.17, 15) is 9.90 Å². The Morgan fingerprint density at radius 1 is 1.06 bits per heavy atom. The smallest absolute Gasteiger partial charge is 0.268 e. The normalized spacial score (nSPS) is 16.9. The molecule has 180 valence electrons. The Kier molecular flexibility index (Phi) is 6.32. The van der Waals surface area contributed by atoms with Crippen molar-refractivity contribution in [3.63, 3.8) is 0 Å². The van der Waals surface area contributed by atoms with Gasteiger partial charge in [0, 0.05) is 24.5 Å². The Labute approximate surface area is 205 Å². The minimum atomic E-state index is -0.591. The number of aliphatic hydroxyl groups excluding tert-OH is 1. The zero-order valence-electron chi connectivity index (χ0n) is 20.2. The molecule has 2 heterocycles. The zero-order valence-corrected chi connectivity index (χ0v) is 20.2. The van der Waals surface area contributed by atoms with Crippen molar-refractivity contribution in [3.8, 4) is 11.5 Å². The minimum absolute atomic E-state index is 0.0292. The summed E-state index contributed by atoms with van der Waals surface area (Å²) >= 11 is 0. The molecule has 1 fully saturated rings. The van der Waals surface area contributed by atoms with E-state index >= 15 is 0 Å². The summed E-state index contributed by atoms with van der Waals surface area (Å²) in [4.78, 5) is 12.9. The number of hydrogen-bond acceptors (Lipinski definition) is 4. The first-order chi connectivity index (χ1) is 16.9. The highest BCUT2D eigenvalue weighted by atomic mass is 16.7. The Balaban J connectivity index is 1.21. The maximum Gasteiger partial charge on any atom is 0.268 e. The van der Waals surface area contributed by atoms with Crippen LogP contribution in [0.2, 0.25) is 0 Å². The highest BCUT2D eigenvalue weighted by Crippen LogP contribution is 2.28. The van der Waals surface area contributed by atoms with Crippen LogP contribution >= 0.6 is 0 Å². The SMILES string of the molecule is Cc1ccc2c(c1)cc(C(=O)NCc1cccc(Oc3ccc(CCC4O[C@H]4O)c(C)c3)c1)n2C. The second-order valence-corrected chi connectivity index (χ2v) is 9.28. The largest absolute Gasteiger partial charge is 0.457 e. The Morgan fingerprint density at radius 2 is 1.86 bits per heavy atom. The summed E-state index contributed by atoms with van der Waals surface area (Å²) in [7, 11) is 1.91. The maximum absolute atomic E-state index is 12.9. The summed E-state index contributed by atoms with van der Waals surface area (Å²) in [6.45, 7) is 4.52. The van der Waals surface area contributed by atoms with Gasteiger partial charge in [-0.15, -0.1) is 0 Å². The average molecular weight is 471 g/mol. The van der Waals surface area contributed by atoms with Gasteiger partial charge in [0.05, 0.1) is 0 Å². The van der Waals surface area contributed by atoms with E-state index in [-0.39, 0.29) is 12.0 Å². The van der Waals surface area contributed by atoms with Gasteiger partial charge in [-0.1, -0.05) is 29.8 Å². The van der Waals surface area contributed by atoms with Crippen LogP contribution in [0.25, 0.3) is 10.9 Å². The summed E-state index contributed by atoms with van der Waals surface area (Å²) in [5.41, 5.74) is 6.17. The van der Waals surface area contributed by atoms with E-state index in [0.717, 1.165) is 46.4 Å². The number of nitrogens with zero attached hydrogens (tertiary/aromatic N) is 1. The molecular weight excluding hydrogens is 440 g/mol. The van der Waals surface area contributed by atoms with Crippen LogP contribution in [0.3, 0.4) is 0 Å². The lowest BCUT2D eigenvalue weighted by molar-refractivity contribution is 0.0943. The molecule has 3 aromatic carbocycles. The molecule has 2 atom stereocenters. The van der Waals surface area contributed by atoms with Crippen LogP contribution < -0.4 is 10.1 Å². The molecule has 35 heavy (non-hydrogen) atoms. The number of amides is 1. The third kappa shape index (κ3) is 5.24. The van der Waals surface area contributed by atoms with Gasteiger partial charge in [-0.05, 0) is 85.8 Å². The van der Waals surface area contributed by atoms with Crippen molar-refractivity contribution in [2.75, 3.05) is 0 Å². The first kappa shape index (κ1) is 23.1. The van der Waals surface area contributed by atoms with Gasteiger partial charge in [0.25, 0.3) is 5.91 Å². The zero-order chi connectivity index (χ0) is 24.5. The van der Waals surface area contributed by atoms with Crippen molar-refractivity contribution in [2.24, 2.45) is 7.05 Å². The van der Waals surface area contributed by atoms with Crippen LogP contribution in [0.15, 0.2) is 66.7 Å². The quantitative estimate of drug-likeness (QED) is 0.349. The molecule has 0 bridgehead atoms. The van der Waals surface area contributed by atoms with Crippen LogP contribution in [-0.2, 0) is 24.8 Å². The minimum Gasteiger partial charge on any atom is -0.457 e. The van der Waals surface area contributed by atoms with Gasteiger partial charge < -0.3 is 24.5 Å². The number of ether oxygens (including phenoxy) is 2. The number of rotatable bonds is 8. The molecule has 1 amide bonds. The topological polar surface area (TPSA) is 76.0 Å². The number of aliphatic hydroxyl groups is 1. The van der Waals surface area contributed by atoms with E-state index in [2.05, 4.69) is 30.4 Å². The molecule has 0 saturated carbocycles. The van der Waals surface area contributed by atoms with E-state index < -0.39 is 6.29 Å². The van der Waals surface area contributed by atoms with Crippen LogP contribution in [0.5, 0.6) is 11.5 Å². The van der Waals surface area contributed by atoms with Gasteiger partial charge in [0.2, 0.25) is 0 Å². The first-order valence-corrected chi connectivity index (χ1v) is 11.9. The fraction of sp³-hybridized carbons (Fsp3) is 0.276. The Hall–Kier alpha value is -3.61. The number of carbonyl (C=O) groups excluding carboxylic acids is 1. The second kappa shape index (κ2) is 9.56. The third-order valence-corrected chi connectivity index (χ3v) is 6.59. The Bertz CT molecular complexity index is 1390. The van der Waals surface area contributed by atoms with Gasteiger partial charge in [-0.3, -0.25) is 4.79 Å². The summed E-state index contributed by atoms with van der Waals surface area (Å²) in [5.74, 6) is 1.38. The van der Waals surface area contributed by atoms with Gasteiger partial charge in [0.15, 0.2) is 6.29 Å². The highest BCUT2D eigenvalue weighted by Gasteiger charge is 2.36. The average Bonchev–Trinajstić information content (AvgIpc) is 3.45. The number of hydrogen-bond donors (Lipinski definition) is 2. The molecule has 1 unspecified atom stereocenters. The predicted molar refractivity (Wildman–Crippen MR) is 136 cm³/mol. The fourth-order valence-electron chi connectivity index (χ4n) is 4.47. The number of aromatic nitrogens is 1. The van der Waals surface area contributed by atoms with Gasteiger partial charge in [-0.25, -0.2) is 0 Å². The van der Waals surface area contributed by atoms with Crippen molar-refractivity contribution < 1.29 is 19.4 Å². The van der Waals surface area contributed by atoms with E-state index in [0.29, 0.717) is 12.2 Å². The summed E-state index contributed by atoms with van der Waals surface area (Å²) in [5, 5.41) is 13.4. The molecule has 0 spiro atoms. The van der Waals surface area contributed by atoms with Crippen LogP contribution in [0.1, 0.15) is 39.2 Å². The standard InChI is InChI=1S/C29H30N2O4/c1-18-7-11-25-22(13-18)16-26(31(25)3)28(32)30-17-20-5-4-6-23(15-20)34-24-10-8-21(19(2)14-24)9-12-27-29(33)35-27/h4-8,10-11,13-16,27,29,33H,9,12,17H2,1-3H3,(H,30,32)/t27?,29-/m1/s1. The van der Waals surface area contributed by atoms with Gasteiger partial charge in [0.1, 0.15) is 23.3 Å². The molecule has 1 aromatic heterocycles. The fourth-order valence-corrected chi connectivity index (χ4v) is 4.47. The molecule has 6 heteroatoms.